The first-order valence-corrected chi connectivity index (χ1v) is 6.02. The molecule has 1 aliphatic rings. The van der Waals surface area contributed by atoms with Gasteiger partial charge in [-0.15, -0.1) is 0 Å². The lowest BCUT2D eigenvalue weighted by molar-refractivity contribution is -0.137. The molecule has 2 nitrogen and oxygen atoms in total. The number of piperidine rings is 1. The smallest absolute Gasteiger partial charge is 0.418 e. The third kappa shape index (κ3) is 2.71. The number of ether oxygens (including phenoxy) is 1. The molecule has 0 saturated carbocycles. The van der Waals surface area contributed by atoms with Gasteiger partial charge in [-0.2, -0.15) is 13.2 Å². The zero-order chi connectivity index (χ0) is 13.2. The number of nitrogens with zero attached hydrogens (tertiary/aromatic N) is 1. The Bertz CT molecular complexity index is 411. The number of hydrogen-bond donors (Lipinski definition) is 0. The molecular formula is C13H16F3NO. The zero-order valence-electron chi connectivity index (χ0n) is 10.3. The summed E-state index contributed by atoms with van der Waals surface area (Å²) in [5, 5.41) is 0. The molecule has 0 bridgehead atoms. The predicted molar refractivity (Wildman–Crippen MR) is 64.1 cm³/mol. The van der Waals surface area contributed by atoms with E-state index in [1.165, 1.54) is 13.2 Å². The van der Waals surface area contributed by atoms with Crippen LogP contribution in [-0.2, 0) is 6.18 Å². The number of halogens is 3. The summed E-state index contributed by atoms with van der Waals surface area (Å²) in [6, 6.07) is 4.16. The zero-order valence-corrected chi connectivity index (χ0v) is 10.3. The number of methoxy groups -OCH3 is 1. The summed E-state index contributed by atoms with van der Waals surface area (Å²) in [5.74, 6) is 0.239. The van der Waals surface area contributed by atoms with E-state index in [1.54, 1.807) is 6.07 Å². The molecule has 0 aliphatic carbocycles. The monoisotopic (exact) mass is 259 g/mol. The first-order chi connectivity index (χ1) is 8.52. The average Bonchev–Trinajstić information content (AvgIpc) is 2.38. The fourth-order valence-electron chi connectivity index (χ4n) is 2.28. The maximum atomic E-state index is 13.0. The number of benzene rings is 1. The standard InChI is InChI=1S/C13H16F3NO/c1-18-10-5-6-12(11(9-10)13(14,15)16)17-7-3-2-4-8-17/h5-6,9H,2-4,7-8H2,1H3. The second kappa shape index (κ2) is 5.08. The molecule has 5 heteroatoms. The second-order valence-electron chi connectivity index (χ2n) is 4.43. The highest BCUT2D eigenvalue weighted by molar-refractivity contribution is 5.58. The van der Waals surface area contributed by atoms with Crippen molar-refractivity contribution in [3.05, 3.63) is 23.8 Å². The first-order valence-electron chi connectivity index (χ1n) is 6.02. The summed E-state index contributed by atoms with van der Waals surface area (Å²) < 4.78 is 44.0. The van der Waals surface area contributed by atoms with Crippen molar-refractivity contribution in [2.75, 3.05) is 25.1 Å². The van der Waals surface area contributed by atoms with Gasteiger partial charge in [-0.05, 0) is 37.5 Å². The van der Waals surface area contributed by atoms with Crippen LogP contribution in [0, 0.1) is 0 Å². The van der Waals surface area contributed by atoms with Crippen LogP contribution in [-0.4, -0.2) is 20.2 Å². The van der Waals surface area contributed by atoms with E-state index >= 15 is 0 Å². The van der Waals surface area contributed by atoms with Crippen LogP contribution in [0.1, 0.15) is 24.8 Å². The molecule has 0 unspecified atom stereocenters. The molecule has 1 heterocycles. The van der Waals surface area contributed by atoms with Crippen molar-refractivity contribution < 1.29 is 17.9 Å². The lowest BCUT2D eigenvalue weighted by Crippen LogP contribution is -2.31. The molecule has 0 radical (unpaired) electrons. The van der Waals surface area contributed by atoms with Gasteiger partial charge in [0, 0.05) is 18.8 Å². The van der Waals surface area contributed by atoms with Crippen LogP contribution in [0.2, 0.25) is 0 Å². The van der Waals surface area contributed by atoms with E-state index in [1.807, 2.05) is 4.90 Å². The van der Waals surface area contributed by atoms with Gasteiger partial charge < -0.3 is 9.64 Å². The van der Waals surface area contributed by atoms with E-state index in [0.717, 1.165) is 25.3 Å². The highest BCUT2D eigenvalue weighted by atomic mass is 19.4. The van der Waals surface area contributed by atoms with Gasteiger partial charge >= 0.3 is 6.18 Å². The SMILES string of the molecule is COc1ccc(N2CCCCC2)c(C(F)(F)F)c1. The molecule has 0 N–H and O–H groups in total. The van der Waals surface area contributed by atoms with Crippen molar-refractivity contribution in [3.63, 3.8) is 0 Å². The van der Waals surface area contributed by atoms with Gasteiger partial charge in [0.15, 0.2) is 0 Å². The Kier molecular flexibility index (Phi) is 3.68. The molecule has 1 aliphatic heterocycles. The molecule has 1 aromatic rings. The van der Waals surface area contributed by atoms with Crippen LogP contribution < -0.4 is 9.64 Å². The lowest BCUT2D eigenvalue weighted by atomic mass is 10.1. The Morgan fingerprint density at radius 3 is 2.33 bits per heavy atom. The average molecular weight is 259 g/mol. The maximum Gasteiger partial charge on any atom is 0.418 e. The fourth-order valence-corrected chi connectivity index (χ4v) is 2.28. The molecular weight excluding hydrogens is 243 g/mol. The minimum absolute atomic E-state index is 0.239. The van der Waals surface area contributed by atoms with E-state index in [-0.39, 0.29) is 11.4 Å². The predicted octanol–water partition coefficient (Wildman–Crippen LogP) is 3.70. The van der Waals surface area contributed by atoms with Gasteiger partial charge in [0.25, 0.3) is 0 Å². The van der Waals surface area contributed by atoms with E-state index in [9.17, 15) is 13.2 Å². The Labute approximate surface area is 104 Å². The Morgan fingerprint density at radius 1 is 1.11 bits per heavy atom. The molecule has 18 heavy (non-hydrogen) atoms. The molecule has 0 atom stereocenters. The van der Waals surface area contributed by atoms with Gasteiger partial charge in [0.05, 0.1) is 12.7 Å². The van der Waals surface area contributed by atoms with E-state index in [4.69, 9.17) is 4.74 Å². The normalized spacial score (nSPS) is 16.8. The summed E-state index contributed by atoms with van der Waals surface area (Å²) >= 11 is 0. The van der Waals surface area contributed by atoms with Crippen LogP contribution in [0.15, 0.2) is 18.2 Å². The summed E-state index contributed by atoms with van der Waals surface area (Å²) in [4.78, 5) is 1.81. The third-order valence-electron chi connectivity index (χ3n) is 3.21. The summed E-state index contributed by atoms with van der Waals surface area (Å²) in [6.07, 6.45) is -1.36. The van der Waals surface area contributed by atoms with Gasteiger partial charge in [0.2, 0.25) is 0 Å². The topological polar surface area (TPSA) is 12.5 Å². The van der Waals surface area contributed by atoms with Crippen LogP contribution in [0.5, 0.6) is 5.75 Å². The van der Waals surface area contributed by atoms with Gasteiger partial charge in [-0.25, -0.2) is 0 Å². The number of anilines is 1. The van der Waals surface area contributed by atoms with E-state index < -0.39 is 11.7 Å². The van der Waals surface area contributed by atoms with Crippen molar-refractivity contribution in [1.82, 2.24) is 0 Å². The Hall–Kier alpha value is -1.39. The maximum absolute atomic E-state index is 13.0. The summed E-state index contributed by atoms with van der Waals surface area (Å²) in [5.41, 5.74) is -0.341. The number of hydrogen-bond acceptors (Lipinski definition) is 2. The van der Waals surface area contributed by atoms with Crippen molar-refractivity contribution in [2.45, 2.75) is 25.4 Å². The largest absolute Gasteiger partial charge is 0.497 e. The van der Waals surface area contributed by atoms with Crippen LogP contribution in [0.3, 0.4) is 0 Å². The molecule has 100 valence electrons. The Balaban J connectivity index is 2.38. The minimum atomic E-state index is -4.35. The van der Waals surface area contributed by atoms with Gasteiger partial charge in [-0.1, -0.05) is 0 Å². The van der Waals surface area contributed by atoms with Crippen molar-refractivity contribution >= 4 is 5.69 Å². The third-order valence-corrected chi connectivity index (χ3v) is 3.21. The molecule has 2 rings (SSSR count). The fraction of sp³-hybridized carbons (Fsp3) is 0.538. The number of alkyl halides is 3. The minimum Gasteiger partial charge on any atom is -0.497 e. The molecule has 1 aromatic carbocycles. The van der Waals surface area contributed by atoms with Gasteiger partial charge in [-0.3, -0.25) is 0 Å². The van der Waals surface area contributed by atoms with Crippen LogP contribution in [0.4, 0.5) is 18.9 Å². The lowest BCUT2D eigenvalue weighted by Gasteiger charge is -2.31. The molecule has 1 saturated heterocycles. The van der Waals surface area contributed by atoms with Crippen LogP contribution in [0.25, 0.3) is 0 Å². The molecule has 0 amide bonds. The molecule has 0 aromatic heterocycles. The van der Waals surface area contributed by atoms with Gasteiger partial charge in [0.1, 0.15) is 5.75 Å². The van der Waals surface area contributed by atoms with Crippen molar-refractivity contribution in [1.29, 1.82) is 0 Å². The first kappa shape index (κ1) is 13.1. The summed E-state index contributed by atoms with van der Waals surface area (Å²) in [6.45, 7) is 1.38. The van der Waals surface area contributed by atoms with E-state index in [0.29, 0.717) is 13.1 Å². The second-order valence-corrected chi connectivity index (χ2v) is 4.43. The highest BCUT2D eigenvalue weighted by Gasteiger charge is 2.35. The highest BCUT2D eigenvalue weighted by Crippen LogP contribution is 2.39. The molecule has 0 spiro atoms. The summed E-state index contributed by atoms with van der Waals surface area (Å²) in [7, 11) is 1.37. The number of rotatable bonds is 2. The van der Waals surface area contributed by atoms with Crippen LogP contribution >= 0.6 is 0 Å². The van der Waals surface area contributed by atoms with E-state index in [2.05, 4.69) is 0 Å². The molecule has 1 fully saturated rings. The Morgan fingerprint density at radius 2 is 1.78 bits per heavy atom. The van der Waals surface area contributed by atoms with Crippen molar-refractivity contribution in [3.8, 4) is 5.75 Å². The quantitative estimate of drug-likeness (QED) is 0.803. The van der Waals surface area contributed by atoms with Crippen molar-refractivity contribution in [2.24, 2.45) is 0 Å².